The molecule has 0 spiro atoms. The van der Waals surface area contributed by atoms with Crippen LogP contribution in [0.1, 0.15) is 0 Å². The summed E-state index contributed by atoms with van der Waals surface area (Å²) < 4.78 is 6.31. The Morgan fingerprint density at radius 3 is 1.70 bits per heavy atom. The number of hydrogen-bond acceptors (Lipinski definition) is 3. The van der Waals surface area contributed by atoms with Gasteiger partial charge in [-0.1, -0.05) is 158 Å². The quantitative estimate of drug-likeness (QED) is 0.176. The van der Waals surface area contributed by atoms with Gasteiger partial charge >= 0.3 is 0 Å². The highest BCUT2D eigenvalue weighted by molar-refractivity contribution is 6.12. The van der Waals surface area contributed by atoms with Crippen LogP contribution in [0.15, 0.2) is 199 Å². The fourth-order valence-electron chi connectivity index (χ4n) is 7.50. The van der Waals surface area contributed by atoms with E-state index in [2.05, 4.69) is 176 Å². The third-order valence-electron chi connectivity index (χ3n) is 10.1. The number of fused-ring (bicyclic) bond motifs is 4. The molecule has 0 saturated carbocycles. The molecule has 10 rings (SSSR count). The van der Waals surface area contributed by atoms with E-state index < -0.39 is 0 Å². The first-order valence-electron chi connectivity index (χ1n) is 17.9. The molecule has 0 N–H and O–H groups in total. The zero-order valence-corrected chi connectivity index (χ0v) is 28.8. The molecule has 0 aliphatic heterocycles. The third kappa shape index (κ3) is 5.65. The van der Waals surface area contributed by atoms with Gasteiger partial charge < -0.3 is 4.42 Å². The fourth-order valence-corrected chi connectivity index (χ4v) is 7.50. The summed E-state index contributed by atoms with van der Waals surface area (Å²) in [6.07, 6.45) is 0. The van der Waals surface area contributed by atoms with Gasteiger partial charge in [0.25, 0.3) is 0 Å². The number of aromatic nitrogens is 2. The SMILES string of the molecule is c1ccc(-c2cc(-c3cc(-c4ccccc4)nc(-c4ccc(-c5cccc6ccccc56)cc4)n3)cc(-c3cccc4oc5ccccc5c34)c2)cc1. The zero-order chi connectivity index (χ0) is 35.1. The van der Waals surface area contributed by atoms with Crippen molar-refractivity contribution in [3.8, 4) is 67.3 Å². The Hall–Kier alpha value is -7.10. The summed E-state index contributed by atoms with van der Waals surface area (Å²) in [5, 5.41) is 4.68. The molecule has 0 fully saturated rings. The van der Waals surface area contributed by atoms with Crippen LogP contribution in [0.4, 0.5) is 0 Å². The van der Waals surface area contributed by atoms with Crippen LogP contribution in [0.25, 0.3) is 100.0 Å². The first kappa shape index (κ1) is 30.7. The molecule has 0 unspecified atom stereocenters. The molecular weight excluding hydrogens is 645 g/mol. The Morgan fingerprint density at radius 1 is 0.321 bits per heavy atom. The topological polar surface area (TPSA) is 38.9 Å². The van der Waals surface area contributed by atoms with Crippen molar-refractivity contribution >= 4 is 32.7 Å². The molecule has 0 aliphatic rings. The number of benzene rings is 8. The molecule has 10 aromatic rings. The van der Waals surface area contributed by atoms with Crippen molar-refractivity contribution in [2.75, 3.05) is 0 Å². The van der Waals surface area contributed by atoms with E-state index in [0.29, 0.717) is 5.82 Å². The first-order chi connectivity index (χ1) is 26.2. The number of rotatable bonds is 6. The van der Waals surface area contributed by atoms with Crippen LogP contribution in [-0.2, 0) is 0 Å². The lowest BCUT2D eigenvalue weighted by molar-refractivity contribution is 0.669. The van der Waals surface area contributed by atoms with Gasteiger partial charge in [-0.3, -0.25) is 0 Å². The zero-order valence-electron chi connectivity index (χ0n) is 28.8. The van der Waals surface area contributed by atoms with Gasteiger partial charge in [-0.15, -0.1) is 0 Å². The molecule has 2 heterocycles. The molecule has 0 amide bonds. The summed E-state index contributed by atoms with van der Waals surface area (Å²) in [6.45, 7) is 0. The summed E-state index contributed by atoms with van der Waals surface area (Å²) in [5.74, 6) is 0.681. The maximum Gasteiger partial charge on any atom is 0.160 e. The van der Waals surface area contributed by atoms with Gasteiger partial charge in [-0.25, -0.2) is 9.97 Å². The maximum absolute atomic E-state index is 6.31. The molecule has 2 aromatic heterocycles. The van der Waals surface area contributed by atoms with E-state index in [1.807, 2.05) is 18.2 Å². The Kier molecular flexibility index (Phi) is 7.47. The van der Waals surface area contributed by atoms with Crippen LogP contribution in [0.5, 0.6) is 0 Å². The second-order valence-electron chi connectivity index (χ2n) is 13.4. The van der Waals surface area contributed by atoms with E-state index in [-0.39, 0.29) is 0 Å². The lowest BCUT2D eigenvalue weighted by Gasteiger charge is -2.14. The van der Waals surface area contributed by atoms with Crippen LogP contribution < -0.4 is 0 Å². The lowest BCUT2D eigenvalue weighted by Crippen LogP contribution is -1.97. The van der Waals surface area contributed by atoms with E-state index in [9.17, 15) is 0 Å². The summed E-state index contributed by atoms with van der Waals surface area (Å²) in [6, 6.07) is 68.0. The molecule has 8 aromatic carbocycles. The monoisotopic (exact) mass is 676 g/mol. The molecule has 53 heavy (non-hydrogen) atoms. The minimum atomic E-state index is 0.681. The second-order valence-corrected chi connectivity index (χ2v) is 13.4. The molecule has 0 bridgehead atoms. The van der Waals surface area contributed by atoms with Crippen LogP contribution in [0.2, 0.25) is 0 Å². The number of furan rings is 1. The highest BCUT2D eigenvalue weighted by atomic mass is 16.3. The average molecular weight is 677 g/mol. The molecule has 0 radical (unpaired) electrons. The van der Waals surface area contributed by atoms with Crippen molar-refractivity contribution < 1.29 is 4.42 Å². The summed E-state index contributed by atoms with van der Waals surface area (Å²) >= 11 is 0. The first-order valence-corrected chi connectivity index (χ1v) is 17.9. The van der Waals surface area contributed by atoms with Gasteiger partial charge in [-0.2, -0.15) is 0 Å². The van der Waals surface area contributed by atoms with E-state index in [4.69, 9.17) is 14.4 Å². The van der Waals surface area contributed by atoms with Crippen molar-refractivity contribution in [2.24, 2.45) is 0 Å². The number of hydrogen-bond donors (Lipinski definition) is 0. The molecule has 3 nitrogen and oxygen atoms in total. The van der Waals surface area contributed by atoms with Gasteiger partial charge in [0, 0.05) is 27.5 Å². The van der Waals surface area contributed by atoms with Crippen LogP contribution in [0.3, 0.4) is 0 Å². The minimum Gasteiger partial charge on any atom is -0.456 e. The average Bonchev–Trinajstić information content (AvgIpc) is 3.63. The van der Waals surface area contributed by atoms with Gasteiger partial charge in [0.2, 0.25) is 0 Å². The van der Waals surface area contributed by atoms with Crippen molar-refractivity contribution in [3.63, 3.8) is 0 Å². The third-order valence-corrected chi connectivity index (χ3v) is 10.1. The van der Waals surface area contributed by atoms with Crippen LogP contribution in [-0.4, -0.2) is 9.97 Å². The van der Waals surface area contributed by atoms with Gasteiger partial charge in [-0.05, 0) is 80.6 Å². The highest BCUT2D eigenvalue weighted by Gasteiger charge is 2.17. The van der Waals surface area contributed by atoms with Crippen molar-refractivity contribution in [1.82, 2.24) is 9.97 Å². The van der Waals surface area contributed by atoms with Crippen LogP contribution in [0, 0.1) is 0 Å². The van der Waals surface area contributed by atoms with E-state index in [0.717, 1.165) is 77.8 Å². The minimum absolute atomic E-state index is 0.681. The number of para-hydroxylation sites is 1. The normalized spacial score (nSPS) is 11.4. The summed E-state index contributed by atoms with van der Waals surface area (Å²) in [7, 11) is 0. The number of nitrogens with zero attached hydrogens (tertiary/aromatic N) is 2. The molecule has 0 aliphatic carbocycles. The van der Waals surface area contributed by atoms with Crippen molar-refractivity contribution in [1.29, 1.82) is 0 Å². The Balaban J connectivity index is 1.16. The van der Waals surface area contributed by atoms with Gasteiger partial charge in [0.15, 0.2) is 5.82 Å². The predicted molar refractivity (Wildman–Crippen MR) is 219 cm³/mol. The van der Waals surface area contributed by atoms with Crippen molar-refractivity contribution in [2.45, 2.75) is 0 Å². The Labute approximate surface area is 307 Å². The summed E-state index contributed by atoms with van der Waals surface area (Å²) in [4.78, 5) is 10.5. The standard InChI is InChI=1S/C50H32N2O/c1-3-13-33(14-4-1)38-29-39(43-22-12-24-48-49(43)44-20-9-10-23-47(44)53-48)31-40(30-38)46-32-45(36-16-5-2-6-17-36)51-50(52-46)37-27-25-35(26-28-37)42-21-11-18-34-15-7-8-19-41(34)42/h1-32H. The summed E-state index contributed by atoms with van der Waals surface area (Å²) in [5.41, 5.74) is 13.3. The Bertz CT molecular complexity index is 2920. The largest absolute Gasteiger partial charge is 0.456 e. The predicted octanol–water partition coefficient (Wildman–Crippen LogP) is 13.5. The smallest absolute Gasteiger partial charge is 0.160 e. The lowest BCUT2D eigenvalue weighted by atomic mass is 9.92. The van der Waals surface area contributed by atoms with E-state index in [1.54, 1.807) is 0 Å². The molecule has 3 heteroatoms. The van der Waals surface area contributed by atoms with Crippen molar-refractivity contribution in [3.05, 3.63) is 194 Å². The molecule has 248 valence electrons. The van der Waals surface area contributed by atoms with Crippen LogP contribution >= 0.6 is 0 Å². The van der Waals surface area contributed by atoms with E-state index >= 15 is 0 Å². The van der Waals surface area contributed by atoms with Gasteiger partial charge in [0.05, 0.1) is 11.4 Å². The second kappa shape index (κ2) is 12.9. The molecule has 0 atom stereocenters. The van der Waals surface area contributed by atoms with Gasteiger partial charge in [0.1, 0.15) is 11.2 Å². The maximum atomic E-state index is 6.31. The molecular formula is C50H32N2O. The van der Waals surface area contributed by atoms with E-state index in [1.165, 1.54) is 16.3 Å². The Morgan fingerprint density at radius 2 is 0.887 bits per heavy atom. The fraction of sp³-hybridized carbons (Fsp3) is 0. The highest BCUT2D eigenvalue weighted by Crippen LogP contribution is 2.40. The molecule has 0 saturated heterocycles.